The Hall–Kier alpha value is -1.81. The summed E-state index contributed by atoms with van der Waals surface area (Å²) in [6.07, 6.45) is 5.01. The summed E-state index contributed by atoms with van der Waals surface area (Å²) in [5, 5.41) is 3.41. The number of rotatable bonds is 4. The number of nitrogens with zero attached hydrogens (tertiary/aromatic N) is 2. The van der Waals surface area contributed by atoms with Crippen LogP contribution in [0.15, 0.2) is 30.6 Å². The van der Waals surface area contributed by atoms with Crippen molar-refractivity contribution in [3.63, 3.8) is 0 Å². The number of ether oxygens (including phenoxy) is 1. The minimum Gasteiger partial charge on any atom is -0.488 e. The third-order valence-corrected chi connectivity index (χ3v) is 3.53. The molecule has 3 rings (SSSR count). The molecular weight excluding hydrogens is 238 g/mol. The fourth-order valence-electron chi connectivity index (χ4n) is 2.47. The SMILES string of the molecule is Cc1ccc2c(c1)CC(CNCc1nccn1C)O2. The van der Waals surface area contributed by atoms with Crippen LogP contribution >= 0.6 is 0 Å². The van der Waals surface area contributed by atoms with Gasteiger partial charge in [-0.1, -0.05) is 17.7 Å². The monoisotopic (exact) mass is 257 g/mol. The fourth-order valence-corrected chi connectivity index (χ4v) is 2.47. The van der Waals surface area contributed by atoms with Crippen LogP contribution in [0.1, 0.15) is 17.0 Å². The van der Waals surface area contributed by atoms with Crippen molar-refractivity contribution in [2.24, 2.45) is 7.05 Å². The molecule has 4 nitrogen and oxygen atoms in total. The molecule has 1 unspecified atom stereocenters. The molecule has 0 saturated carbocycles. The Labute approximate surface area is 113 Å². The fraction of sp³-hybridized carbons (Fsp3) is 0.400. The normalized spacial score (nSPS) is 17.3. The summed E-state index contributed by atoms with van der Waals surface area (Å²) >= 11 is 0. The van der Waals surface area contributed by atoms with Crippen molar-refractivity contribution < 1.29 is 4.74 Å². The van der Waals surface area contributed by atoms with E-state index in [1.165, 1.54) is 11.1 Å². The Morgan fingerprint density at radius 2 is 2.37 bits per heavy atom. The molecule has 0 saturated heterocycles. The van der Waals surface area contributed by atoms with E-state index in [0.717, 1.165) is 31.1 Å². The van der Waals surface area contributed by atoms with Gasteiger partial charge in [0.1, 0.15) is 17.7 Å². The number of aromatic nitrogens is 2. The molecule has 0 radical (unpaired) electrons. The lowest BCUT2D eigenvalue weighted by molar-refractivity contribution is 0.226. The molecule has 100 valence electrons. The van der Waals surface area contributed by atoms with E-state index in [0.29, 0.717) is 0 Å². The Morgan fingerprint density at radius 3 is 3.16 bits per heavy atom. The molecule has 0 aliphatic carbocycles. The van der Waals surface area contributed by atoms with Crippen LogP contribution in [0.5, 0.6) is 5.75 Å². The first kappa shape index (κ1) is 12.2. The van der Waals surface area contributed by atoms with Crippen molar-refractivity contribution in [2.75, 3.05) is 6.54 Å². The molecule has 2 heterocycles. The molecule has 0 spiro atoms. The zero-order chi connectivity index (χ0) is 13.2. The topological polar surface area (TPSA) is 39.1 Å². The number of aryl methyl sites for hydroxylation is 2. The molecule has 1 aromatic heterocycles. The minimum absolute atomic E-state index is 0.233. The lowest BCUT2D eigenvalue weighted by atomic mass is 10.1. The van der Waals surface area contributed by atoms with Crippen LogP contribution < -0.4 is 10.1 Å². The van der Waals surface area contributed by atoms with Crippen LogP contribution in [-0.2, 0) is 20.0 Å². The summed E-state index contributed by atoms with van der Waals surface area (Å²) in [6, 6.07) is 6.39. The molecular formula is C15H19N3O. The summed E-state index contributed by atoms with van der Waals surface area (Å²) < 4.78 is 7.95. The molecule has 0 amide bonds. The Balaban J connectivity index is 1.52. The highest BCUT2D eigenvalue weighted by Gasteiger charge is 2.22. The van der Waals surface area contributed by atoms with Crippen LogP contribution in [-0.4, -0.2) is 22.2 Å². The van der Waals surface area contributed by atoms with Gasteiger partial charge < -0.3 is 14.6 Å². The predicted octanol–water partition coefficient (Wildman–Crippen LogP) is 1.82. The summed E-state index contributed by atoms with van der Waals surface area (Å²) in [4.78, 5) is 4.29. The van der Waals surface area contributed by atoms with Gasteiger partial charge >= 0.3 is 0 Å². The van der Waals surface area contributed by atoms with E-state index in [2.05, 4.69) is 35.4 Å². The van der Waals surface area contributed by atoms with Crippen LogP contribution in [0, 0.1) is 6.92 Å². The van der Waals surface area contributed by atoms with Crippen molar-refractivity contribution in [1.82, 2.24) is 14.9 Å². The van der Waals surface area contributed by atoms with Gasteiger partial charge in [-0.05, 0) is 18.6 Å². The number of hydrogen-bond donors (Lipinski definition) is 1. The molecule has 0 fully saturated rings. The first-order valence-corrected chi connectivity index (χ1v) is 6.65. The summed E-state index contributed by atoms with van der Waals surface area (Å²) in [7, 11) is 2.01. The maximum Gasteiger partial charge on any atom is 0.123 e. The van der Waals surface area contributed by atoms with Crippen molar-refractivity contribution in [3.05, 3.63) is 47.5 Å². The van der Waals surface area contributed by atoms with Crippen molar-refractivity contribution >= 4 is 0 Å². The van der Waals surface area contributed by atoms with E-state index in [4.69, 9.17) is 4.74 Å². The Morgan fingerprint density at radius 1 is 1.47 bits per heavy atom. The smallest absolute Gasteiger partial charge is 0.123 e. The van der Waals surface area contributed by atoms with Crippen molar-refractivity contribution in [2.45, 2.75) is 26.0 Å². The summed E-state index contributed by atoms with van der Waals surface area (Å²) in [5.41, 5.74) is 2.62. The second-order valence-electron chi connectivity index (χ2n) is 5.14. The molecule has 19 heavy (non-hydrogen) atoms. The molecule has 1 aliphatic heterocycles. The van der Waals surface area contributed by atoms with E-state index in [9.17, 15) is 0 Å². The van der Waals surface area contributed by atoms with Gasteiger partial charge in [0.25, 0.3) is 0 Å². The highest BCUT2D eigenvalue weighted by Crippen LogP contribution is 2.29. The minimum atomic E-state index is 0.233. The third kappa shape index (κ3) is 2.63. The van der Waals surface area contributed by atoms with Gasteiger partial charge in [-0.25, -0.2) is 4.98 Å². The highest BCUT2D eigenvalue weighted by molar-refractivity contribution is 5.40. The maximum atomic E-state index is 5.92. The van der Waals surface area contributed by atoms with Gasteiger partial charge in [0.05, 0.1) is 6.54 Å². The van der Waals surface area contributed by atoms with E-state index in [-0.39, 0.29) is 6.10 Å². The number of fused-ring (bicyclic) bond motifs is 1. The zero-order valence-corrected chi connectivity index (χ0v) is 11.4. The lowest BCUT2D eigenvalue weighted by Crippen LogP contribution is -2.30. The summed E-state index contributed by atoms with van der Waals surface area (Å²) in [6.45, 7) is 3.74. The number of nitrogens with one attached hydrogen (secondary N) is 1. The molecule has 1 aliphatic rings. The highest BCUT2D eigenvalue weighted by atomic mass is 16.5. The number of imidazole rings is 1. The number of hydrogen-bond acceptors (Lipinski definition) is 3. The quantitative estimate of drug-likeness (QED) is 0.908. The molecule has 1 atom stereocenters. The van der Waals surface area contributed by atoms with Gasteiger partial charge in [0.2, 0.25) is 0 Å². The Kier molecular flexibility index (Phi) is 3.25. The van der Waals surface area contributed by atoms with E-state index in [1.54, 1.807) is 0 Å². The maximum absolute atomic E-state index is 5.92. The predicted molar refractivity (Wildman–Crippen MR) is 74.2 cm³/mol. The first-order chi connectivity index (χ1) is 9.22. The van der Waals surface area contributed by atoms with Gasteiger partial charge in [-0.15, -0.1) is 0 Å². The van der Waals surface area contributed by atoms with E-state index in [1.807, 2.05) is 24.0 Å². The Bertz CT molecular complexity index is 577. The second-order valence-corrected chi connectivity index (χ2v) is 5.14. The molecule has 4 heteroatoms. The van der Waals surface area contributed by atoms with Gasteiger partial charge in [0, 0.05) is 32.4 Å². The third-order valence-electron chi connectivity index (χ3n) is 3.53. The second kappa shape index (κ2) is 5.05. The molecule has 1 N–H and O–H groups in total. The van der Waals surface area contributed by atoms with Gasteiger partial charge in [-0.2, -0.15) is 0 Å². The molecule has 0 bridgehead atoms. The average molecular weight is 257 g/mol. The van der Waals surface area contributed by atoms with E-state index < -0.39 is 0 Å². The van der Waals surface area contributed by atoms with E-state index >= 15 is 0 Å². The number of benzene rings is 1. The molecule has 2 aromatic rings. The van der Waals surface area contributed by atoms with Crippen molar-refractivity contribution in [3.8, 4) is 5.75 Å². The standard InChI is InChI=1S/C15H19N3O/c1-11-3-4-14-12(7-11)8-13(19-14)9-16-10-15-17-5-6-18(15)2/h3-7,13,16H,8-10H2,1-2H3. The van der Waals surface area contributed by atoms with Crippen LogP contribution in [0.25, 0.3) is 0 Å². The van der Waals surface area contributed by atoms with Crippen LogP contribution in [0.2, 0.25) is 0 Å². The van der Waals surface area contributed by atoms with Crippen LogP contribution in [0.4, 0.5) is 0 Å². The molecule has 1 aromatic carbocycles. The largest absolute Gasteiger partial charge is 0.488 e. The van der Waals surface area contributed by atoms with Gasteiger partial charge in [0.15, 0.2) is 0 Å². The lowest BCUT2D eigenvalue weighted by Gasteiger charge is -2.11. The first-order valence-electron chi connectivity index (χ1n) is 6.65. The van der Waals surface area contributed by atoms with Gasteiger partial charge in [-0.3, -0.25) is 0 Å². The zero-order valence-electron chi connectivity index (χ0n) is 11.4. The van der Waals surface area contributed by atoms with Crippen molar-refractivity contribution in [1.29, 1.82) is 0 Å². The summed E-state index contributed by atoms with van der Waals surface area (Å²) in [5.74, 6) is 2.08. The van der Waals surface area contributed by atoms with Crippen LogP contribution in [0.3, 0.4) is 0 Å². The average Bonchev–Trinajstić information content (AvgIpc) is 2.95.